The molecule has 3 aromatic rings. The summed E-state index contributed by atoms with van der Waals surface area (Å²) in [6.45, 7) is 1.02. The van der Waals surface area contributed by atoms with Gasteiger partial charge in [0.2, 0.25) is 0 Å². The summed E-state index contributed by atoms with van der Waals surface area (Å²) < 4.78 is 27.0. The molecule has 1 aromatic carbocycles. The number of hydrogen-bond acceptors (Lipinski definition) is 5. The summed E-state index contributed by atoms with van der Waals surface area (Å²) in [6.07, 6.45) is 2.13. The molecule has 0 spiro atoms. The third kappa shape index (κ3) is 3.00. The molecular weight excluding hydrogens is 348 g/mol. The van der Waals surface area contributed by atoms with Gasteiger partial charge in [-0.25, -0.2) is 13.8 Å². The van der Waals surface area contributed by atoms with Gasteiger partial charge in [-0.2, -0.15) is 5.10 Å². The first kappa shape index (κ1) is 16.1. The molecule has 0 aliphatic carbocycles. The van der Waals surface area contributed by atoms with Crippen LogP contribution in [0.3, 0.4) is 0 Å². The number of aromatic nitrogens is 3. The average molecular weight is 363 g/mol. The minimum Gasteiger partial charge on any atom is -0.298 e. The van der Waals surface area contributed by atoms with E-state index >= 15 is 0 Å². The summed E-state index contributed by atoms with van der Waals surface area (Å²) in [6, 6.07) is 4.05. The second-order valence-electron chi connectivity index (χ2n) is 6.05. The van der Waals surface area contributed by atoms with E-state index in [1.54, 1.807) is 6.07 Å². The first-order chi connectivity index (χ1) is 12.0. The first-order valence-corrected chi connectivity index (χ1v) is 8.65. The van der Waals surface area contributed by atoms with E-state index in [0.29, 0.717) is 10.2 Å². The molecule has 0 saturated carbocycles. The SMILES string of the molecule is CN1CCCC1c1cc(C(=O)Nc2nc3cc(F)c(F)cc3s2)n[nH]1. The normalized spacial score (nSPS) is 18.1. The number of aromatic amines is 1. The van der Waals surface area contributed by atoms with Crippen molar-refractivity contribution in [3.8, 4) is 0 Å². The lowest BCUT2D eigenvalue weighted by Gasteiger charge is -2.16. The second-order valence-corrected chi connectivity index (χ2v) is 7.08. The maximum absolute atomic E-state index is 13.3. The smallest absolute Gasteiger partial charge is 0.277 e. The molecule has 6 nitrogen and oxygen atoms in total. The summed E-state index contributed by atoms with van der Waals surface area (Å²) >= 11 is 1.08. The fourth-order valence-electron chi connectivity index (χ4n) is 3.07. The zero-order valence-electron chi connectivity index (χ0n) is 13.3. The molecule has 1 unspecified atom stereocenters. The van der Waals surface area contributed by atoms with Gasteiger partial charge in [0.05, 0.1) is 22.0 Å². The highest BCUT2D eigenvalue weighted by Crippen LogP contribution is 2.30. The van der Waals surface area contributed by atoms with Crippen LogP contribution >= 0.6 is 11.3 Å². The van der Waals surface area contributed by atoms with Crippen molar-refractivity contribution in [2.45, 2.75) is 18.9 Å². The van der Waals surface area contributed by atoms with Crippen LogP contribution in [-0.2, 0) is 0 Å². The van der Waals surface area contributed by atoms with Crippen molar-refractivity contribution in [3.05, 3.63) is 41.2 Å². The van der Waals surface area contributed by atoms with E-state index in [2.05, 4.69) is 25.4 Å². The van der Waals surface area contributed by atoms with Gasteiger partial charge in [0.15, 0.2) is 22.5 Å². The summed E-state index contributed by atoms with van der Waals surface area (Å²) in [7, 11) is 2.04. The number of benzene rings is 1. The number of likely N-dealkylation sites (tertiary alicyclic amines) is 1. The molecule has 25 heavy (non-hydrogen) atoms. The van der Waals surface area contributed by atoms with Crippen LogP contribution < -0.4 is 5.32 Å². The largest absolute Gasteiger partial charge is 0.298 e. The third-order valence-corrected chi connectivity index (χ3v) is 5.29. The van der Waals surface area contributed by atoms with Crippen LogP contribution in [0.15, 0.2) is 18.2 Å². The van der Waals surface area contributed by atoms with Gasteiger partial charge in [0, 0.05) is 6.07 Å². The minimum atomic E-state index is -0.965. The number of rotatable bonds is 3. The molecule has 2 aromatic heterocycles. The lowest BCUT2D eigenvalue weighted by atomic mass is 10.1. The van der Waals surface area contributed by atoms with Gasteiger partial charge in [-0.1, -0.05) is 11.3 Å². The van der Waals surface area contributed by atoms with Gasteiger partial charge in [0.25, 0.3) is 5.91 Å². The van der Waals surface area contributed by atoms with Crippen molar-refractivity contribution < 1.29 is 13.6 Å². The topological polar surface area (TPSA) is 73.9 Å². The number of anilines is 1. The van der Waals surface area contributed by atoms with Crippen molar-refractivity contribution in [2.75, 3.05) is 18.9 Å². The molecule has 4 rings (SSSR count). The molecule has 9 heteroatoms. The second kappa shape index (κ2) is 6.16. The Kier molecular flexibility index (Phi) is 3.97. The van der Waals surface area contributed by atoms with Gasteiger partial charge < -0.3 is 0 Å². The predicted octanol–water partition coefficient (Wildman–Crippen LogP) is 3.32. The number of amides is 1. The number of nitrogens with one attached hydrogen (secondary N) is 2. The number of carbonyl (C=O) groups excluding carboxylic acids is 1. The minimum absolute atomic E-state index is 0.238. The van der Waals surface area contributed by atoms with Gasteiger partial charge >= 0.3 is 0 Å². The number of fused-ring (bicyclic) bond motifs is 1. The highest BCUT2D eigenvalue weighted by molar-refractivity contribution is 7.22. The monoisotopic (exact) mass is 363 g/mol. The van der Waals surface area contributed by atoms with Crippen molar-refractivity contribution in [3.63, 3.8) is 0 Å². The van der Waals surface area contributed by atoms with E-state index in [-0.39, 0.29) is 16.9 Å². The molecule has 3 heterocycles. The number of hydrogen-bond donors (Lipinski definition) is 2. The Morgan fingerprint density at radius 3 is 2.92 bits per heavy atom. The van der Waals surface area contributed by atoms with Crippen LogP contribution in [0.4, 0.5) is 13.9 Å². The fourth-order valence-corrected chi connectivity index (χ4v) is 3.93. The summed E-state index contributed by atoms with van der Waals surface area (Å²) in [4.78, 5) is 18.7. The maximum Gasteiger partial charge on any atom is 0.277 e. The van der Waals surface area contributed by atoms with E-state index in [0.717, 1.165) is 48.5 Å². The Bertz CT molecular complexity index is 914. The summed E-state index contributed by atoms with van der Waals surface area (Å²) in [5.41, 5.74) is 1.46. The molecular formula is C16H15F2N5OS. The van der Waals surface area contributed by atoms with E-state index in [1.165, 1.54) is 0 Å². The lowest BCUT2D eigenvalue weighted by Crippen LogP contribution is -2.17. The molecule has 1 fully saturated rings. The molecule has 1 atom stereocenters. The van der Waals surface area contributed by atoms with Crippen LogP contribution in [0.5, 0.6) is 0 Å². The van der Waals surface area contributed by atoms with Gasteiger partial charge in [-0.3, -0.25) is 20.1 Å². The Balaban J connectivity index is 1.53. The molecule has 2 N–H and O–H groups in total. The maximum atomic E-state index is 13.3. The molecule has 1 aliphatic rings. The van der Waals surface area contributed by atoms with Crippen LogP contribution in [-0.4, -0.2) is 39.6 Å². The third-order valence-electron chi connectivity index (χ3n) is 4.36. The Morgan fingerprint density at radius 1 is 1.36 bits per heavy atom. The van der Waals surface area contributed by atoms with Gasteiger partial charge in [-0.05, 0) is 38.6 Å². The first-order valence-electron chi connectivity index (χ1n) is 7.84. The number of halogens is 2. The van der Waals surface area contributed by atoms with Crippen molar-refractivity contribution >= 4 is 32.6 Å². The number of nitrogens with zero attached hydrogens (tertiary/aromatic N) is 3. The highest BCUT2D eigenvalue weighted by atomic mass is 32.1. The molecule has 0 radical (unpaired) electrons. The van der Waals surface area contributed by atoms with E-state index in [1.807, 2.05) is 7.05 Å². The highest BCUT2D eigenvalue weighted by Gasteiger charge is 2.25. The fraction of sp³-hybridized carbons (Fsp3) is 0.312. The molecule has 1 amide bonds. The average Bonchev–Trinajstić information content (AvgIpc) is 3.27. The lowest BCUT2D eigenvalue weighted by molar-refractivity contribution is 0.102. The van der Waals surface area contributed by atoms with Crippen LogP contribution in [0.25, 0.3) is 10.2 Å². The Hall–Kier alpha value is -2.39. The molecule has 130 valence electrons. The summed E-state index contributed by atoms with van der Waals surface area (Å²) in [5.74, 6) is -2.32. The van der Waals surface area contributed by atoms with Crippen LogP contribution in [0.1, 0.15) is 35.1 Å². The zero-order valence-corrected chi connectivity index (χ0v) is 14.2. The molecule has 1 aliphatic heterocycles. The number of thiazole rings is 1. The van der Waals surface area contributed by atoms with Crippen molar-refractivity contribution in [1.29, 1.82) is 0 Å². The Labute approximate surface area is 145 Å². The summed E-state index contributed by atoms with van der Waals surface area (Å²) in [5, 5.41) is 9.88. The standard InChI is InChI=1S/C16H15F2N5OS/c1-23-4-2-3-13(23)10-7-12(22-21-10)15(24)20-16-19-11-5-8(17)9(18)6-14(11)25-16/h5-7,13H,2-4H2,1H3,(H,21,22)(H,19,20,24). The van der Waals surface area contributed by atoms with E-state index in [9.17, 15) is 13.6 Å². The predicted molar refractivity (Wildman–Crippen MR) is 90.7 cm³/mol. The van der Waals surface area contributed by atoms with Crippen LogP contribution in [0, 0.1) is 11.6 Å². The van der Waals surface area contributed by atoms with Gasteiger partial charge in [-0.15, -0.1) is 0 Å². The van der Waals surface area contributed by atoms with Crippen molar-refractivity contribution in [1.82, 2.24) is 20.1 Å². The molecule has 1 saturated heterocycles. The Morgan fingerprint density at radius 2 is 2.16 bits per heavy atom. The van der Waals surface area contributed by atoms with E-state index < -0.39 is 17.5 Å². The molecule has 0 bridgehead atoms. The van der Waals surface area contributed by atoms with E-state index in [4.69, 9.17) is 0 Å². The quantitative estimate of drug-likeness (QED) is 0.749. The van der Waals surface area contributed by atoms with Crippen molar-refractivity contribution in [2.24, 2.45) is 0 Å². The van der Waals surface area contributed by atoms with Crippen LogP contribution in [0.2, 0.25) is 0 Å². The zero-order chi connectivity index (χ0) is 17.6. The number of H-pyrrole nitrogens is 1. The van der Waals surface area contributed by atoms with Gasteiger partial charge in [0.1, 0.15) is 0 Å². The number of carbonyl (C=O) groups is 1.